The van der Waals surface area contributed by atoms with Crippen molar-refractivity contribution >= 4 is 56.0 Å². The highest BCUT2D eigenvalue weighted by Gasteiger charge is 2.39. The summed E-state index contributed by atoms with van der Waals surface area (Å²) >= 11 is 4.78. The number of halogens is 1. The molecule has 0 unspecified atom stereocenters. The van der Waals surface area contributed by atoms with E-state index in [1.54, 1.807) is 4.90 Å². The van der Waals surface area contributed by atoms with Crippen molar-refractivity contribution in [3.63, 3.8) is 0 Å². The monoisotopic (exact) mass is 459 g/mol. The van der Waals surface area contributed by atoms with Gasteiger partial charge < -0.3 is 5.32 Å². The van der Waals surface area contributed by atoms with Gasteiger partial charge in [-0.3, -0.25) is 14.5 Å². The lowest BCUT2D eigenvalue weighted by molar-refractivity contribution is -0.128. The number of amides is 2. The smallest absolute Gasteiger partial charge is 0.242 e. The second-order valence-electron chi connectivity index (χ2n) is 6.91. The molecule has 2 aromatic carbocycles. The minimum atomic E-state index is -0.469. The first-order valence-corrected chi connectivity index (χ1v) is 10.8. The molecule has 28 heavy (non-hydrogen) atoms. The average molecular weight is 460 g/mol. The number of aliphatic imine (C=N–C) groups is 1. The lowest BCUT2D eigenvalue weighted by Crippen LogP contribution is -2.36. The fourth-order valence-electron chi connectivity index (χ4n) is 2.80. The maximum absolute atomic E-state index is 12.9. The van der Waals surface area contributed by atoms with Gasteiger partial charge in [0.25, 0.3) is 0 Å². The molecule has 146 valence electrons. The van der Waals surface area contributed by atoms with Crippen molar-refractivity contribution in [1.82, 2.24) is 4.90 Å². The van der Waals surface area contributed by atoms with Gasteiger partial charge in [-0.1, -0.05) is 55.9 Å². The maximum Gasteiger partial charge on any atom is 0.242 e. The molecule has 0 bridgehead atoms. The molecule has 1 aliphatic heterocycles. The van der Waals surface area contributed by atoms with Crippen LogP contribution < -0.4 is 5.32 Å². The Morgan fingerprint density at radius 2 is 1.86 bits per heavy atom. The molecule has 1 N–H and O–H groups in total. The first kappa shape index (κ1) is 20.6. The number of rotatable bonds is 6. The Labute approximate surface area is 177 Å². The van der Waals surface area contributed by atoms with E-state index in [1.165, 1.54) is 11.8 Å². The highest BCUT2D eigenvalue weighted by molar-refractivity contribution is 9.10. The molecule has 1 heterocycles. The van der Waals surface area contributed by atoms with Gasteiger partial charge in [-0.2, -0.15) is 0 Å². The van der Waals surface area contributed by atoms with Gasteiger partial charge in [0, 0.05) is 17.4 Å². The van der Waals surface area contributed by atoms with Gasteiger partial charge in [-0.05, 0) is 46.1 Å². The van der Waals surface area contributed by atoms with Gasteiger partial charge in [0.1, 0.15) is 5.25 Å². The average Bonchev–Trinajstić information content (AvgIpc) is 2.93. The number of thioether (sulfide) groups is 1. The number of nitrogens with zero attached hydrogens (tertiary/aromatic N) is 2. The third-order valence-electron chi connectivity index (χ3n) is 4.07. The van der Waals surface area contributed by atoms with E-state index in [0.717, 1.165) is 10.2 Å². The second-order valence-corrected chi connectivity index (χ2v) is 8.94. The van der Waals surface area contributed by atoms with E-state index < -0.39 is 5.25 Å². The highest BCUT2D eigenvalue weighted by Crippen LogP contribution is 2.32. The molecule has 0 spiro atoms. The molecule has 0 aliphatic carbocycles. The van der Waals surface area contributed by atoms with Crippen molar-refractivity contribution in [3.8, 4) is 0 Å². The van der Waals surface area contributed by atoms with Crippen molar-refractivity contribution in [2.24, 2.45) is 10.9 Å². The minimum Gasteiger partial charge on any atom is -0.325 e. The van der Waals surface area contributed by atoms with E-state index in [1.807, 2.05) is 54.6 Å². The molecule has 0 radical (unpaired) electrons. The quantitative estimate of drug-likeness (QED) is 0.655. The predicted octanol–water partition coefficient (Wildman–Crippen LogP) is 5.07. The van der Waals surface area contributed by atoms with Gasteiger partial charge >= 0.3 is 0 Å². The van der Waals surface area contributed by atoms with Crippen LogP contribution in [0.2, 0.25) is 0 Å². The summed E-state index contributed by atoms with van der Waals surface area (Å²) in [5, 5.41) is 3.06. The third kappa shape index (κ3) is 5.23. The van der Waals surface area contributed by atoms with Crippen LogP contribution in [0.15, 0.2) is 64.1 Å². The van der Waals surface area contributed by atoms with Crippen LogP contribution in [0.5, 0.6) is 0 Å². The maximum atomic E-state index is 12.9. The van der Waals surface area contributed by atoms with E-state index >= 15 is 0 Å². The Hall–Kier alpha value is -2.12. The van der Waals surface area contributed by atoms with E-state index in [-0.39, 0.29) is 18.2 Å². The van der Waals surface area contributed by atoms with E-state index in [2.05, 4.69) is 40.1 Å². The number of nitrogens with one attached hydrogen (secondary N) is 1. The fraction of sp³-hybridized carbons (Fsp3) is 0.286. The lowest BCUT2D eigenvalue weighted by atomic mass is 10.2. The Kier molecular flexibility index (Phi) is 6.91. The summed E-state index contributed by atoms with van der Waals surface area (Å²) in [6, 6.07) is 17.0. The number of carbonyl (C=O) groups excluding carboxylic acids is 2. The molecule has 1 saturated heterocycles. The Bertz CT molecular complexity index is 886. The summed E-state index contributed by atoms with van der Waals surface area (Å²) in [5.74, 6) is 0.0530. The highest BCUT2D eigenvalue weighted by atomic mass is 79.9. The summed E-state index contributed by atoms with van der Waals surface area (Å²) in [6.45, 7) is 4.70. The fourth-order valence-corrected chi connectivity index (χ4v) is 4.35. The number of benzene rings is 2. The first-order chi connectivity index (χ1) is 13.4. The zero-order chi connectivity index (χ0) is 20.1. The largest absolute Gasteiger partial charge is 0.325 e. The van der Waals surface area contributed by atoms with Crippen LogP contribution in [-0.2, 0) is 9.59 Å². The van der Waals surface area contributed by atoms with E-state index in [0.29, 0.717) is 23.3 Å². The van der Waals surface area contributed by atoms with Crippen molar-refractivity contribution in [3.05, 3.63) is 59.1 Å². The summed E-state index contributed by atoms with van der Waals surface area (Å²) in [5.41, 5.74) is 1.49. The number of para-hydroxylation sites is 2. The van der Waals surface area contributed by atoms with Crippen LogP contribution >= 0.6 is 27.7 Å². The number of anilines is 1. The third-order valence-corrected chi connectivity index (χ3v) is 5.93. The van der Waals surface area contributed by atoms with Gasteiger partial charge in [-0.25, -0.2) is 4.99 Å². The van der Waals surface area contributed by atoms with Crippen LogP contribution in [-0.4, -0.2) is 33.7 Å². The molecule has 1 fully saturated rings. The second kappa shape index (κ2) is 9.39. The zero-order valence-electron chi connectivity index (χ0n) is 15.8. The molecule has 0 saturated carbocycles. The van der Waals surface area contributed by atoms with Crippen LogP contribution in [0.25, 0.3) is 0 Å². The van der Waals surface area contributed by atoms with Crippen molar-refractivity contribution in [2.45, 2.75) is 25.5 Å². The Morgan fingerprint density at radius 1 is 1.18 bits per heavy atom. The zero-order valence-corrected chi connectivity index (χ0v) is 18.2. The number of hydrogen-bond acceptors (Lipinski definition) is 4. The van der Waals surface area contributed by atoms with Gasteiger partial charge in [0.05, 0.1) is 11.4 Å². The Morgan fingerprint density at radius 3 is 2.54 bits per heavy atom. The van der Waals surface area contributed by atoms with Crippen molar-refractivity contribution < 1.29 is 9.59 Å². The van der Waals surface area contributed by atoms with Crippen LogP contribution in [0.4, 0.5) is 11.4 Å². The standard InChI is InChI=1S/C21H22BrN3O2S/c1-14(2)13-25-20(27)18(28-21(25)23-15-8-4-3-5-9-15)12-19(26)24-17-11-7-6-10-16(17)22/h3-11,14,18H,12-13H2,1-2H3,(H,24,26)/t18-/m0/s1. The van der Waals surface area contributed by atoms with Gasteiger partial charge in [0.15, 0.2) is 5.17 Å². The van der Waals surface area contributed by atoms with Gasteiger partial charge in [-0.15, -0.1) is 0 Å². The van der Waals surface area contributed by atoms with E-state index in [9.17, 15) is 9.59 Å². The predicted molar refractivity (Wildman–Crippen MR) is 119 cm³/mol. The summed E-state index contributed by atoms with van der Waals surface area (Å²) in [4.78, 5) is 31.8. The Balaban J connectivity index is 1.74. The molecular weight excluding hydrogens is 438 g/mol. The molecule has 1 atom stereocenters. The van der Waals surface area contributed by atoms with Crippen LogP contribution in [0.1, 0.15) is 20.3 Å². The summed E-state index contributed by atoms with van der Waals surface area (Å²) in [6.07, 6.45) is 0.104. The van der Waals surface area contributed by atoms with Crippen LogP contribution in [0, 0.1) is 5.92 Å². The number of hydrogen-bond donors (Lipinski definition) is 1. The molecule has 7 heteroatoms. The number of amidine groups is 1. The molecule has 2 amide bonds. The van der Waals surface area contributed by atoms with Crippen LogP contribution in [0.3, 0.4) is 0 Å². The number of carbonyl (C=O) groups is 2. The SMILES string of the molecule is CC(C)CN1C(=O)[C@H](CC(=O)Nc2ccccc2Br)SC1=Nc1ccccc1. The molecule has 2 aromatic rings. The first-order valence-electron chi connectivity index (χ1n) is 9.10. The van der Waals surface area contributed by atoms with Crippen molar-refractivity contribution in [1.29, 1.82) is 0 Å². The molecule has 5 nitrogen and oxygen atoms in total. The van der Waals surface area contributed by atoms with E-state index in [4.69, 9.17) is 0 Å². The molecule has 1 aliphatic rings. The molecule has 3 rings (SSSR count). The minimum absolute atomic E-state index is 0.0596. The van der Waals surface area contributed by atoms with Gasteiger partial charge in [0.2, 0.25) is 11.8 Å². The lowest BCUT2D eigenvalue weighted by Gasteiger charge is -2.18. The van der Waals surface area contributed by atoms with Crippen molar-refractivity contribution in [2.75, 3.05) is 11.9 Å². The topological polar surface area (TPSA) is 61.8 Å². The summed E-state index contributed by atoms with van der Waals surface area (Å²) in [7, 11) is 0. The molecular formula is C21H22BrN3O2S. The summed E-state index contributed by atoms with van der Waals surface area (Å²) < 4.78 is 0.807. The molecule has 0 aromatic heterocycles. The normalized spacial score (nSPS) is 18.1.